The van der Waals surface area contributed by atoms with Crippen LogP contribution >= 0.6 is 0 Å². The molecule has 1 aliphatic heterocycles. The fourth-order valence-electron chi connectivity index (χ4n) is 3.52. The van der Waals surface area contributed by atoms with Crippen molar-refractivity contribution in [3.8, 4) is 5.75 Å². The van der Waals surface area contributed by atoms with Gasteiger partial charge >= 0.3 is 24.4 Å². The number of hydrogen-bond donors (Lipinski definition) is 2. The van der Waals surface area contributed by atoms with Crippen LogP contribution in [0.1, 0.15) is 32.9 Å². The monoisotopic (exact) mass is 599 g/mol. The summed E-state index contributed by atoms with van der Waals surface area (Å²) in [5, 5.41) is 11.3. The third kappa shape index (κ3) is 6.68. The zero-order valence-corrected chi connectivity index (χ0v) is 21.8. The summed E-state index contributed by atoms with van der Waals surface area (Å²) in [7, 11) is -4.77. The number of carboxylic acid groups (broad SMARTS) is 1. The molecule has 2 aromatic rings. The molecule has 10 nitrogen and oxygen atoms in total. The average molecular weight is 600 g/mol. The minimum atomic E-state index is -4.96. The number of ether oxygens (including phenoxy) is 2. The van der Waals surface area contributed by atoms with Gasteiger partial charge in [0.1, 0.15) is 17.5 Å². The minimum Gasteiger partial charge on any atom is -0.486 e. The number of alkyl halides is 6. The van der Waals surface area contributed by atoms with Crippen molar-refractivity contribution in [2.45, 2.75) is 56.1 Å². The molecule has 3 rings (SSSR count). The van der Waals surface area contributed by atoms with E-state index in [1.54, 1.807) is 0 Å². The van der Waals surface area contributed by atoms with Crippen LogP contribution in [0.2, 0.25) is 0 Å². The standard InChI is InChI=1S/C23H23F6N3O7S/c1-12(19(33)34)8-14-11-32(40(36,37)15-6-7-30-18(10-15)22(24,25)26)16-9-13(4-5-17(16)38-14)31-20(35)39-21(2,3)23(27,28)29/h4-7,9-10,12,14H,8,11H2,1-3H3,(H,31,35)(H,33,34)/t12-,14+/m1/s1. The van der Waals surface area contributed by atoms with E-state index in [4.69, 9.17) is 4.74 Å². The number of benzene rings is 1. The second kappa shape index (κ2) is 10.7. The van der Waals surface area contributed by atoms with Gasteiger partial charge in [0.05, 0.1) is 23.0 Å². The number of nitrogens with zero attached hydrogens (tertiary/aromatic N) is 2. The number of sulfonamides is 1. The third-order valence-corrected chi connectivity index (χ3v) is 7.59. The Kier molecular flexibility index (Phi) is 8.21. The first-order chi connectivity index (χ1) is 18.2. The fourth-order valence-corrected chi connectivity index (χ4v) is 5.03. The summed E-state index contributed by atoms with van der Waals surface area (Å²) in [5.41, 5.74) is -4.86. The molecule has 40 heavy (non-hydrogen) atoms. The number of nitrogens with one attached hydrogen (secondary N) is 1. The van der Waals surface area contributed by atoms with Crippen LogP contribution in [0.5, 0.6) is 5.75 Å². The van der Waals surface area contributed by atoms with E-state index in [0.717, 1.165) is 24.3 Å². The number of aliphatic carboxylic acids is 1. The number of anilines is 2. The van der Waals surface area contributed by atoms with Crippen molar-refractivity contribution in [1.82, 2.24) is 4.98 Å². The molecule has 0 saturated carbocycles. The van der Waals surface area contributed by atoms with Gasteiger partial charge in [-0.05, 0) is 50.6 Å². The molecule has 17 heteroatoms. The molecule has 220 valence electrons. The van der Waals surface area contributed by atoms with E-state index in [1.165, 1.54) is 6.92 Å². The van der Waals surface area contributed by atoms with Crippen molar-refractivity contribution in [3.63, 3.8) is 0 Å². The Morgan fingerprint density at radius 2 is 1.82 bits per heavy atom. The van der Waals surface area contributed by atoms with Gasteiger partial charge in [0.2, 0.25) is 5.60 Å². The first-order valence-electron chi connectivity index (χ1n) is 11.4. The van der Waals surface area contributed by atoms with E-state index >= 15 is 0 Å². The summed E-state index contributed by atoms with van der Waals surface area (Å²) in [5.74, 6) is -2.33. The second-order valence-electron chi connectivity index (χ2n) is 9.33. The Morgan fingerprint density at radius 1 is 1.18 bits per heavy atom. The van der Waals surface area contributed by atoms with Crippen LogP contribution in [0.15, 0.2) is 41.4 Å². The summed E-state index contributed by atoms with van der Waals surface area (Å²) in [6.07, 6.45) is -12.0. The van der Waals surface area contributed by atoms with Gasteiger partial charge in [-0.15, -0.1) is 0 Å². The smallest absolute Gasteiger partial charge is 0.433 e. The lowest BCUT2D eigenvalue weighted by atomic mass is 10.0. The summed E-state index contributed by atoms with van der Waals surface area (Å²) in [4.78, 5) is 25.8. The van der Waals surface area contributed by atoms with Crippen molar-refractivity contribution in [1.29, 1.82) is 0 Å². The molecule has 0 bridgehead atoms. The van der Waals surface area contributed by atoms with E-state index in [2.05, 4.69) is 9.72 Å². The first kappa shape index (κ1) is 30.8. The maximum Gasteiger partial charge on any atom is 0.433 e. The molecule has 0 spiro atoms. The predicted octanol–water partition coefficient (Wildman–Crippen LogP) is 5.06. The maximum atomic E-state index is 13.5. The lowest BCUT2D eigenvalue weighted by molar-refractivity contribution is -0.242. The molecular formula is C23H23F6N3O7S. The molecule has 1 amide bonds. The van der Waals surface area contributed by atoms with E-state index in [-0.39, 0.29) is 23.5 Å². The SMILES string of the molecule is C[C@H](C[C@H]1CN(S(=O)(=O)c2ccnc(C(F)(F)F)c2)c2cc(NC(=O)OC(C)(C)C(F)(F)F)ccc2O1)C(=O)O. The van der Waals surface area contributed by atoms with Crippen molar-refractivity contribution >= 4 is 33.5 Å². The predicted molar refractivity (Wildman–Crippen MR) is 126 cm³/mol. The second-order valence-corrected chi connectivity index (χ2v) is 11.2. The molecule has 1 aliphatic rings. The van der Waals surface area contributed by atoms with Gasteiger partial charge in [0.25, 0.3) is 10.0 Å². The van der Waals surface area contributed by atoms with E-state index < -0.39 is 69.2 Å². The highest BCUT2D eigenvalue weighted by Gasteiger charge is 2.51. The van der Waals surface area contributed by atoms with Gasteiger partial charge in [-0.2, -0.15) is 26.3 Å². The van der Waals surface area contributed by atoms with Crippen molar-refractivity contribution < 1.29 is 58.9 Å². The number of amides is 1. The molecule has 2 heterocycles. The summed E-state index contributed by atoms with van der Waals surface area (Å²) >= 11 is 0. The number of carbonyl (C=O) groups is 2. The largest absolute Gasteiger partial charge is 0.486 e. The Morgan fingerprint density at radius 3 is 2.40 bits per heavy atom. The van der Waals surface area contributed by atoms with Gasteiger partial charge in [-0.3, -0.25) is 19.4 Å². The first-order valence-corrected chi connectivity index (χ1v) is 12.8. The molecule has 0 aliphatic carbocycles. The number of rotatable bonds is 7. The quantitative estimate of drug-likeness (QED) is 0.422. The van der Waals surface area contributed by atoms with Crippen LogP contribution in [0.3, 0.4) is 0 Å². The minimum absolute atomic E-state index is 0.142. The molecular weight excluding hydrogens is 576 g/mol. The van der Waals surface area contributed by atoms with Gasteiger partial charge in [0.15, 0.2) is 0 Å². The summed E-state index contributed by atoms with van der Waals surface area (Å²) in [6.45, 7) is 2.04. The Balaban J connectivity index is 2.02. The lowest BCUT2D eigenvalue weighted by Crippen LogP contribution is -2.45. The number of halogens is 6. The van der Waals surface area contributed by atoms with E-state index in [9.17, 15) is 49.5 Å². The van der Waals surface area contributed by atoms with Crippen molar-refractivity contribution in [2.24, 2.45) is 5.92 Å². The van der Waals surface area contributed by atoms with Gasteiger partial charge in [-0.25, -0.2) is 13.2 Å². The Hall–Kier alpha value is -3.76. The summed E-state index contributed by atoms with van der Waals surface area (Å²) < 4.78 is 117. The highest BCUT2D eigenvalue weighted by atomic mass is 32.2. The fraction of sp³-hybridized carbons (Fsp3) is 0.435. The number of pyridine rings is 1. The Labute approximate surface area is 223 Å². The topological polar surface area (TPSA) is 135 Å². The lowest BCUT2D eigenvalue weighted by Gasteiger charge is -2.36. The van der Waals surface area contributed by atoms with Gasteiger partial charge in [-0.1, -0.05) is 6.92 Å². The van der Waals surface area contributed by atoms with Crippen molar-refractivity contribution in [3.05, 3.63) is 42.2 Å². The van der Waals surface area contributed by atoms with Crippen LogP contribution in [0.4, 0.5) is 42.5 Å². The van der Waals surface area contributed by atoms with Crippen molar-refractivity contribution in [2.75, 3.05) is 16.2 Å². The molecule has 0 saturated heterocycles. The van der Waals surface area contributed by atoms with Crippen LogP contribution < -0.4 is 14.4 Å². The van der Waals surface area contributed by atoms with Gasteiger partial charge in [0, 0.05) is 11.9 Å². The number of aromatic nitrogens is 1. The van der Waals surface area contributed by atoms with Crippen LogP contribution in [-0.2, 0) is 25.7 Å². The van der Waals surface area contributed by atoms with Crippen LogP contribution in [-0.4, -0.2) is 55.0 Å². The molecule has 2 atom stereocenters. The highest BCUT2D eigenvalue weighted by Crippen LogP contribution is 2.41. The molecule has 2 N–H and O–H groups in total. The van der Waals surface area contributed by atoms with Gasteiger partial charge < -0.3 is 14.6 Å². The highest BCUT2D eigenvalue weighted by molar-refractivity contribution is 7.92. The third-order valence-electron chi connectivity index (χ3n) is 5.82. The molecule has 1 aromatic carbocycles. The molecule has 0 radical (unpaired) electrons. The molecule has 1 aromatic heterocycles. The summed E-state index contributed by atoms with van der Waals surface area (Å²) in [6, 6.07) is 4.47. The molecule has 0 fully saturated rings. The Bertz CT molecular complexity index is 1400. The zero-order chi connectivity index (χ0) is 30.3. The number of carboxylic acids is 1. The normalized spacial score (nSPS) is 16.9. The molecule has 0 unspecified atom stereocenters. The van der Waals surface area contributed by atoms with E-state index in [1.807, 2.05) is 5.32 Å². The van der Waals surface area contributed by atoms with E-state index in [0.29, 0.717) is 30.4 Å². The average Bonchev–Trinajstić information content (AvgIpc) is 2.82. The van der Waals surface area contributed by atoms with Crippen LogP contribution in [0.25, 0.3) is 0 Å². The maximum absolute atomic E-state index is 13.5. The van der Waals surface area contributed by atoms with Crippen LogP contribution in [0, 0.1) is 5.92 Å². The number of fused-ring (bicyclic) bond motifs is 1. The zero-order valence-electron chi connectivity index (χ0n) is 21.0. The number of carbonyl (C=O) groups excluding carboxylic acids is 1. The number of hydrogen-bond acceptors (Lipinski definition) is 7.